The van der Waals surface area contributed by atoms with Crippen molar-refractivity contribution in [2.75, 3.05) is 26.3 Å². The van der Waals surface area contributed by atoms with E-state index in [0.717, 1.165) is 4.88 Å². The van der Waals surface area contributed by atoms with Crippen molar-refractivity contribution in [3.63, 3.8) is 0 Å². The number of aryl methyl sites for hydroxylation is 1. The number of thiophene rings is 1. The molecule has 0 saturated carbocycles. The van der Waals surface area contributed by atoms with Crippen molar-refractivity contribution in [2.24, 2.45) is 5.73 Å². The zero-order valence-electron chi connectivity index (χ0n) is 24.0. The summed E-state index contributed by atoms with van der Waals surface area (Å²) in [6, 6.07) is 9.18. The lowest BCUT2D eigenvalue weighted by molar-refractivity contribution is -0.152. The number of likely N-dealkylation sites (tertiary alicyclic amines) is 1. The first-order valence-corrected chi connectivity index (χ1v) is 15.0. The summed E-state index contributed by atoms with van der Waals surface area (Å²) in [4.78, 5) is 42.1. The molecule has 1 spiro atoms. The van der Waals surface area contributed by atoms with Gasteiger partial charge in [-0.3, -0.25) is 19.8 Å². The van der Waals surface area contributed by atoms with E-state index in [4.69, 9.17) is 20.6 Å². The molecule has 6 rings (SSSR count). The van der Waals surface area contributed by atoms with Crippen LogP contribution in [0.3, 0.4) is 0 Å². The van der Waals surface area contributed by atoms with Gasteiger partial charge in [0, 0.05) is 38.9 Å². The number of nitrogen functional groups attached to an aromatic ring is 1. The second-order valence-electron chi connectivity index (χ2n) is 11.3. The minimum atomic E-state index is -3.18. The zero-order valence-corrected chi connectivity index (χ0v) is 24.9. The first kappa shape index (κ1) is 29.9. The van der Waals surface area contributed by atoms with E-state index < -0.39 is 48.1 Å². The predicted octanol–water partition coefficient (Wildman–Crippen LogP) is 3.41. The van der Waals surface area contributed by atoms with Gasteiger partial charge < -0.3 is 30.7 Å². The topological polar surface area (TPSA) is 147 Å². The van der Waals surface area contributed by atoms with Crippen LogP contribution in [0.15, 0.2) is 47.8 Å². The number of rotatable bonds is 7. The number of halogens is 2. The van der Waals surface area contributed by atoms with E-state index in [2.05, 4.69) is 10.6 Å². The van der Waals surface area contributed by atoms with Gasteiger partial charge in [-0.05, 0) is 49.2 Å². The first-order valence-electron chi connectivity index (χ1n) is 14.1. The monoisotopic (exact) mass is 623 g/mol. The molecule has 2 saturated heterocycles. The molecule has 3 aliphatic rings. The van der Waals surface area contributed by atoms with Gasteiger partial charge in [0.25, 0.3) is 11.8 Å². The molecular weight excluding hydrogens is 592 g/mol. The summed E-state index contributed by atoms with van der Waals surface area (Å²) < 4.78 is 41.8. The number of carbonyl (C=O) groups excluding carboxylic acids is 3. The minimum Gasteiger partial charge on any atom is -0.384 e. The molecule has 2 aliphatic heterocycles. The maximum Gasteiger partial charge on any atom is 0.299 e. The van der Waals surface area contributed by atoms with Crippen LogP contribution in [-0.4, -0.2) is 66.6 Å². The summed E-state index contributed by atoms with van der Waals surface area (Å²) >= 11 is 1.36. The number of nitrogens with one attached hydrogen (secondary N) is 3. The fourth-order valence-electron chi connectivity index (χ4n) is 5.98. The number of fused-ring (bicyclic) bond motifs is 3. The number of amidine groups is 1. The van der Waals surface area contributed by atoms with Crippen LogP contribution in [0.5, 0.6) is 0 Å². The second-order valence-corrected chi connectivity index (χ2v) is 12.2. The molecule has 0 radical (unpaired) electrons. The molecule has 3 heterocycles. The Morgan fingerprint density at radius 1 is 1.09 bits per heavy atom. The third-order valence-electron chi connectivity index (χ3n) is 8.27. The van der Waals surface area contributed by atoms with Crippen molar-refractivity contribution in [2.45, 2.75) is 44.1 Å². The lowest BCUT2D eigenvalue weighted by Gasteiger charge is -2.25. The SMILES string of the molecule is Cc1ccc2c(c1)C(F)(F)c1ccc(C(=O)NCC(=O)N3CC4(C[C@H]3C(=O)N[C@H](C)c3cc(C(=N)N)cs3)OCCO4)cc1-2. The molecule has 0 bridgehead atoms. The van der Waals surface area contributed by atoms with Gasteiger partial charge in [0.15, 0.2) is 5.79 Å². The molecule has 2 atom stereocenters. The molecular formula is C31H31F2N5O5S. The van der Waals surface area contributed by atoms with Gasteiger partial charge in [-0.15, -0.1) is 11.3 Å². The van der Waals surface area contributed by atoms with Crippen LogP contribution in [0.4, 0.5) is 8.78 Å². The summed E-state index contributed by atoms with van der Waals surface area (Å²) in [7, 11) is 0. The Morgan fingerprint density at radius 3 is 2.55 bits per heavy atom. The highest BCUT2D eigenvalue weighted by Gasteiger charge is 2.52. The maximum absolute atomic E-state index is 15.1. The number of amides is 3. The Hall–Kier alpha value is -4.20. The summed E-state index contributed by atoms with van der Waals surface area (Å²) in [6.07, 6.45) is 0.117. The van der Waals surface area contributed by atoms with Crippen molar-refractivity contribution in [3.05, 3.63) is 80.5 Å². The number of benzene rings is 2. The second kappa shape index (κ2) is 11.1. The molecule has 44 heavy (non-hydrogen) atoms. The predicted molar refractivity (Wildman–Crippen MR) is 159 cm³/mol. The van der Waals surface area contributed by atoms with Gasteiger partial charge >= 0.3 is 0 Å². The number of nitrogens with zero attached hydrogens (tertiary/aromatic N) is 1. The Kier molecular flexibility index (Phi) is 7.50. The average Bonchev–Trinajstić information content (AvgIpc) is 3.78. The van der Waals surface area contributed by atoms with Crippen LogP contribution in [-0.2, 0) is 25.0 Å². The van der Waals surface area contributed by atoms with Crippen molar-refractivity contribution >= 4 is 34.9 Å². The van der Waals surface area contributed by atoms with E-state index in [1.165, 1.54) is 40.5 Å². The number of nitrogens with two attached hydrogens (primary N) is 1. The van der Waals surface area contributed by atoms with Crippen molar-refractivity contribution < 1.29 is 32.6 Å². The van der Waals surface area contributed by atoms with Crippen LogP contribution < -0.4 is 16.4 Å². The molecule has 0 unspecified atom stereocenters. The van der Waals surface area contributed by atoms with Gasteiger partial charge in [-0.1, -0.05) is 23.8 Å². The van der Waals surface area contributed by atoms with Gasteiger partial charge in [0.1, 0.15) is 11.9 Å². The summed E-state index contributed by atoms with van der Waals surface area (Å²) in [5.74, 6) is -5.92. The van der Waals surface area contributed by atoms with E-state index in [9.17, 15) is 14.4 Å². The van der Waals surface area contributed by atoms with E-state index >= 15 is 8.78 Å². The number of hydrogen-bond donors (Lipinski definition) is 4. The van der Waals surface area contributed by atoms with Gasteiger partial charge in [-0.25, -0.2) is 0 Å². The van der Waals surface area contributed by atoms with Gasteiger partial charge in [-0.2, -0.15) is 8.78 Å². The molecule has 3 amide bonds. The zero-order chi connectivity index (χ0) is 31.4. The largest absolute Gasteiger partial charge is 0.384 e. The highest BCUT2D eigenvalue weighted by atomic mass is 32.1. The fourth-order valence-corrected chi connectivity index (χ4v) is 6.90. The quantitative estimate of drug-likeness (QED) is 0.234. The van der Waals surface area contributed by atoms with E-state index in [1.54, 1.807) is 37.4 Å². The molecule has 2 fully saturated rings. The summed E-state index contributed by atoms with van der Waals surface area (Å²) in [6.45, 7) is 3.76. The van der Waals surface area contributed by atoms with Crippen LogP contribution in [0.25, 0.3) is 11.1 Å². The van der Waals surface area contributed by atoms with E-state index in [-0.39, 0.29) is 41.1 Å². The number of hydrogen-bond acceptors (Lipinski definition) is 7. The highest BCUT2D eigenvalue weighted by Crippen LogP contribution is 2.51. The Bertz CT molecular complexity index is 1690. The summed E-state index contributed by atoms with van der Waals surface area (Å²) in [5.41, 5.74) is 7.32. The van der Waals surface area contributed by atoms with Crippen LogP contribution in [0.2, 0.25) is 0 Å². The third-order valence-corrected chi connectivity index (χ3v) is 9.38. The maximum atomic E-state index is 15.1. The molecule has 13 heteroatoms. The van der Waals surface area contributed by atoms with Crippen molar-refractivity contribution in [3.8, 4) is 11.1 Å². The van der Waals surface area contributed by atoms with Crippen molar-refractivity contribution in [1.29, 1.82) is 5.41 Å². The van der Waals surface area contributed by atoms with Crippen LogP contribution >= 0.6 is 11.3 Å². The minimum absolute atomic E-state index is 0.00574. The van der Waals surface area contributed by atoms with Gasteiger partial charge in [0.2, 0.25) is 11.8 Å². The lowest BCUT2D eigenvalue weighted by Crippen LogP contribution is -2.49. The number of alkyl halides is 2. The first-order chi connectivity index (χ1) is 20.9. The normalized spacial score (nSPS) is 19.8. The third kappa shape index (κ3) is 5.24. The lowest BCUT2D eigenvalue weighted by atomic mass is 10.0. The van der Waals surface area contributed by atoms with E-state index in [0.29, 0.717) is 29.9 Å². The van der Waals surface area contributed by atoms with Gasteiger partial charge in [0.05, 0.1) is 32.3 Å². The Morgan fingerprint density at radius 2 is 1.84 bits per heavy atom. The van der Waals surface area contributed by atoms with Crippen LogP contribution in [0.1, 0.15) is 56.9 Å². The average molecular weight is 624 g/mol. The Labute approximate surface area is 256 Å². The van der Waals surface area contributed by atoms with Crippen molar-refractivity contribution in [1.82, 2.24) is 15.5 Å². The smallest absolute Gasteiger partial charge is 0.299 e. The Balaban J connectivity index is 1.15. The number of carbonyl (C=O) groups is 3. The molecule has 230 valence electrons. The van der Waals surface area contributed by atoms with E-state index in [1.807, 2.05) is 0 Å². The molecule has 3 aromatic rings. The number of ether oxygens (including phenoxy) is 2. The molecule has 10 nitrogen and oxygen atoms in total. The molecule has 5 N–H and O–H groups in total. The molecule has 2 aromatic carbocycles. The fraction of sp³-hybridized carbons (Fsp3) is 0.355. The molecule has 1 aliphatic carbocycles. The highest BCUT2D eigenvalue weighted by molar-refractivity contribution is 7.10. The van der Waals surface area contributed by atoms with Crippen LogP contribution in [0, 0.1) is 12.3 Å². The summed E-state index contributed by atoms with van der Waals surface area (Å²) in [5, 5.41) is 14.8. The standard InChI is InChI=1S/C31H31F2N5O5S/c1-16-3-5-20-21-10-18(4-6-22(21)31(32,33)23(20)9-16)28(40)36-13-26(39)38-15-30(42-7-8-43-30)12-24(38)29(41)37-17(2)25-11-19(14-44-25)27(34)35/h3-6,9-11,14,17,24H,7-8,12-13,15H2,1-2H3,(H3,34,35)(H,36,40)(H,37,41)/t17-,24+/m1/s1. The molecule has 1 aromatic heterocycles.